The van der Waals surface area contributed by atoms with E-state index in [2.05, 4.69) is 20.5 Å². The second-order valence-corrected chi connectivity index (χ2v) is 7.55. The van der Waals surface area contributed by atoms with Crippen molar-refractivity contribution in [3.05, 3.63) is 36.6 Å². The van der Waals surface area contributed by atoms with Crippen molar-refractivity contribution in [2.45, 2.75) is 12.1 Å². The fourth-order valence-electron chi connectivity index (χ4n) is 2.45. The summed E-state index contributed by atoms with van der Waals surface area (Å²) in [6.45, 7) is 2.53. The Hall–Kier alpha value is -3.05. The van der Waals surface area contributed by atoms with Crippen LogP contribution in [-0.2, 0) is 4.79 Å². The highest BCUT2D eigenvalue weighted by atomic mass is 32.2. The Morgan fingerprint density at radius 3 is 3.07 bits per heavy atom. The van der Waals surface area contributed by atoms with Crippen molar-refractivity contribution in [3.8, 4) is 17.3 Å². The van der Waals surface area contributed by atoms with E-state index in [0.717, 1.165) is 16.0 Å². The number of nitrogens with zero attached hydrogens (tertiary/aromatic N) is 4. The zero-order valence-electron chi connectivity index (χ0n) is 14.8. The van der Waals surface area contributed by atoms with Crippen molar-refractivity contribution in [2.75, 3.05) is 23.5 Å². The summed E-state index contributed by atoms with van der Waals surface area (Å²) in [6, 6.07) is 9.11. The SMILES string of the molecule is CCOc1ccc2nc(NC(=O)CSc3nnc(-c4ccco4)n3N)sc2c1. The molecule has 0 radical (unpaired) electrons. The molecule has 0 atom stereocenters. The highest BCUT2D eigenvalue weighted by molar-refractivity contribution is 7.99. The van der Waals surface area contributed by atoms with E-state index >= 15 is 0 Å². The van der Waals surface area contributed by atoms with E-state index in [1.807, 2.05) is 25.1 Å². The molecule has 1 aromatic carbocycles. The first-order valence-electron chi connectivity index (χ1n) is 8.34. The Kier molecular flexibility index (Phi) is 5.17. The topological polar surface area (TPSA) is 121 Å². The van der Waals surface area contributed by atoms with Gasteiger partial charge in [0.1, 0.15) is 5.75 Å². The minimum Gasteiger partial charge on any atom is -0.494 e. The van der Waals surface area contributed by atoms with Crippen LogP contribution in [0, 0.1) is 0 Å². The molecule has 0 aliphatic heterocycles. The number of rotatable bonds is 7. The van der Waals surface area contributed by atoms with Crippen LogP contribution in [0.25, 0.3) is 21.8 Å². The third kappa shape index (κ3) is 3.80. The average Bonchev–Trinajstić information content (AvgIpc) is 3.39. The third-order valence-electron chi connectivity index (χ3n) is 3.66. The Morgan fingerprint density at radius 1 is 1.39 bits per heavy atom. The van der Waals surface area contributed by atoms with E-state index < -0.39 is 0 Å². The highest BCUT2D eigenvalue weighted by Gasteiger charge is 2.16. The van der Waals surface area contributed by atoms with Crippen LogP contribution >= 0.6 is 23.1 Å². The van der Waals surface area contributed by atoms with Crippen molar-refractivity contribution < 1.29 is 13.9 Å². The molecule has 0 saturated heterocycles. The standard InChI is InChI=1S/C17H16N6O3S2/c1-2-25-10-5-6-11-13(8-10)28-16(19-11)20-14(24)9-27-17-22-21-15(23(17)18)12-4-3-7-26-12/h3-8H,2,9,18H2,1H3,(H,19,20,24). The van der Waals surface area contributed by atoms with Crippen LogP contribution in [-0.4, -0.2) is 38.1 Å². The molecule has 0 spiro atoms. The number of furan rings is 1. The van der Waals surface area contributed by atoms with Gasteiger partial charge in [0, 0.05) is 0 Å². The van der Waals surface area contributed by atoms with Crippen molar-refractivity contribution >= 4 is 44.4 Å². The first-order chi connectivity index (χ1) is 13.6. The van der Waals surface area contributed by atoms with E-state index in [-0.39, 0.29) is 11.7 Å². The molecular weight excluding hydrogens is 400 g/mol. The maximum absolute atomic E-state index is 12.3. The molecule has 11 heteroatoms. The van der Waals surface area contributed by atoms with Gasteiger partial charge in [-0.3, -0.25) is 4.79 Å². The van der Waals surface area contributed by atoms with Gasteiger partial charge in [-0.25, -0.2) is 9.66 Å². The fourth-order valence-corrected chi connectivity index (χ4v) is 4.02. The molecule has 0 aliphatic rings. The van der Waals surface area contributed by atoms with E-state index in [4.69, 9.17) is 15.0 Å². The van der Waals surface area contributed by atoms with Crippen LogP contribution in [0.5, 0.6) is 5.75 Å². The number of carbonyl (C=O) groups is 1. The summed E-state index contributed by atoms with van der Waals surface area (Å²) in [5.41, 5.74) is 0.807. The largest absolute Gasteiger partial charge is 0.494 e. The molecule has 0 aliphatic carbocycles. The monoisotopic (exact) mass is 416 g/mol. The van der Waals surface area contributed by atoms with E-state index in [1.54, 1.807) is 12.1 Å². The van der Waals surface area contributed by atoms with Crippen LogP contribution in [0.15, 0.2) is 46.2 Å². The maximum atomic E-state index is 12.3. The number of thiazole rings is 1. The number of thioether (sulfide) groups is 1. The second-order valence-electron chi connectivity index (χ2n) is 5.57. The number of hydrogen-bond acceptors (Lipinski definition) is 9. The molecular formula is C17H16N6O3S2. The molecule has 4 rings (SSSR count). The number of carbonyl (C=O) groups excluding carboxylic acids is 1. The third-order valence-corrected chi connectivity index (χ3v) is 5.53. The van der Waals surface area contributed by atoms with Gasteiger partial charge in [0.05, 0.1) is 28.8 Å². The number of nitrogens with one attached hydrogen (secondary N) is 1. The van der Waals surface area contributed by atoms with Crippen LogP contribution in [0.2, 0.25) is 0 Å². The molecule has 0 bridgehead atoms. The number of amides is 1. The molecule has 1 amide bonds. The number of fused-ring (bicyclic) bond motifs is 1. The van der Waals surface area contributed by atoms with Crippen LogP contribution < -0.4 is 15.9 Å². The number of aromatic nitrogens is 4. The van der Waals surface area contributed by atoms with Crippen molar-refractivity contribution in [1.82, 2.24) is 19.9 Å². The number of ether oxygens (including phenoxy) is 1. The molecule has 4 aromatic rings. The maximum Gasteiger partial charge on any atom is 0.236 e. The minimum atomic E-state index is -0.211. The smallest absolute Gasteiger partial charge is 0.236 e. The number of nitrogens with two attached hydrogens (primary N) is 1. The van der Waals surface area contributed by atoms with E-state index in [1.165, 1.54) is 34.0 Å². The number of benzene rings is 1. The summed E-state index contributed by atoms with van der Waals surface area (Å²) in [5.74, 6) is 7.57. The van der Waals surface area contributed by atoms with E-state index in [9.17, 15) is 4.79 Å². The van der Waals surface area contributed by atoms with Crippen molar-refractivity contribution in [3.63, 3.8) is 0 Å². The summed E-state index contributed by atoms with van der Waals surface area (Å²) in [5, 5.41) is 11.7. The Balaban J connectivity index is 1.39. The lowest BCUT2D eigenvalue weighted by Crippen LogP contribution is -2.16. The summed E-state index contributed by atoms with van der Waals surface area (Å²) in [7, 11) is 0. The first-order valence-corrected chi connectivity index (χ1v) is 10.1. The Morgan fingerprint density at radius 2 is 2.29 bits per heavy atom. The Labute approximate surface area is 167 Å². The number of anilines is 1. The van der Waals surface area contributed by atoms with Gasteiger partial charge in [-0.1, -0.05) is 23.1 Å². The lowest BCUT2D eigenvalue weighted by molar-refractivity contribution is -0.113. The van der Waals surface area contributed by atoms with Gasteiger partial charge in [-0.05, 0) is 37.3 Å². The molecule has 0 saturated carbocycles. The normalized spacial score (nSPS) is 11.0. The van der Waals surface area contributed by atoms with Crippen LogP contribution in [0.1, 0.15) is 6.92 Å². The molecule has 28 heavy (non-hydrogen) atoms. The number of nitrogen functional groups attached to an aromatic ring is 1. The van der Waals surface area contributed by atoms with Gasteiger partial charge in [0.2, 0.25) is 16.9 Å². The van der Waals surface area contributed by atoms with Crippen LogP contribution in [0.4, 0.5) is 5.13 Å². The number of hydrogen-bond donors (Lipinski definition) is 2. The highest BCUT2D eigenvalue weighted by Crippen LogP contribution is 2.29. The molecule has 9 nitrogen and oxygen atoms in total. The predicted molar refractivity (Wildman–Crippen MR) is 108 cm³/mol. The lowest BCUT2D eigenvalue weighted by Gasteiger charge is -2.02. The molecule has 3 aromatic heterocycles. The molecule has 3 heterocycles. The van der Waals surface area contributed by atoms with E-state index in [0.29, 0.717) is 28.5 Å². The zero-order valence-corrected chi connectivity index (χ0v) is 16.4. The second kappa shape index (κ2) is 7.90. The zero-order chi connectivity index (χ0) is 19.5. The summed E-state index contributed by atoms with van der Waals surface area (Å²) in [6.07, 6.45) is 1.53. The Bertz CT molecular complexity index is 1110. The molecule has 144 valence electrons. The average molecular weight is 416 g/mol. The first kappa shape index (κ1) is 18.3. The van der Waals surface area contributed by atoms with Crippen LogP contribution in [0.3, 0.4) is 0 Å². The fraction of sp³-hybridized carbons (Fsp3) is 0.176. The summed E-state index contributed by atoms with van der Waals surface area (Å²) in [4.78, 5) is 16.7. The lowest BCUT2D eigenvalue weighted by atomic mass is 10.3. The molecule has 0 unspecified atom stereocenters. The summed E-state index contributed by atoms with van der Waals surface area (Å²) < 4.78 is 13.0. The van der Waals surface area contributed by atoms with Gasteiger partial charge in [0.25, 0.3) is 0 Å². The summed E-state index contributed by atoms with van der Waals surface area (Å²) >= 11 is 2.57. The van der Waals surface area contributed by atoms with Gasteiger partial charge in [-0.2, -0.15) is 0 Å². The van der Waals surface area contributed by atoms with Gasteiger partial charge in [0.15, 0.2) is 10.9 Å². The predicted octanol–water partition coefficient (Wildman–Crippen LogP) is 2.99. The molecule has 0 fully saturated rings. The molecule has 3 N–H and O–H groups in total. The van der Waals surface area contributed by atoms with Gasteiger partial charge in [-0.15, -0.1) is 10.2 Å². The quantitative estimate of drug-likeness (QED) is 0.348. The van der Waals surface area contributed by atoms with Crippen molar-refractivity contribution in [2.24, 2.45) is 0 Å². The van der Waals surface area contributed by atoms with Gasteiger partial charge < -0.3 is 20.3 Å². The minimum absolute atomic E-state index is 0.119. The van der Waals surface area contributed by atoms with Crippen molar-refractivity contribution in [1.29, 1.82) is 0 Å². The van der Waals surface area contributed by atoms with Gasteiger partial charge >= 0.3 is 0 Å².